The molecule has 1 aliphatic heterocycles. The summed E-state index contributed by atoms with van der Waals surface area (Å²) in [5, 5.41) is -0.465. The molecule has 6 nitrogen and oxygen atoms in total. The van der Waals surface area contributed by atoms with Gasteiger partial charge in [0.2, 0.25) is 15.9 Å². The normalized spacial score (nSPS) is 32.6. The van der Waals surface area contributed by atoms with E-state index in [-0.39, 0.29) is 24.2 Å². The fraction of sp³-hybridized carbons (Fsp3) is 0.833. The molecule has 2 N–H and O–H groups in total. The minimum absolute atomic E-state index is 0.0557. The summed E-state index contributed by atoms with van der Waals surface area (Å²) in [5.41, 5.74) is 5.25. The maximum atomic E-state index is 12.4. The molecule has 1 amide bonds. The van der Waals surface area contributed by atoms with Gasteiger partial charge in [0.25, 0.3) is 0 Å². The zero-order valence-electron chi connectivity index (χ0n) is 11.0. The van der Waals surface area contributed by atoms with Crippen LogP contribution in [0.25, 0.3) is 0 Å². The van der Waals surface area contributed by atoms with E-state index in [0.717, 1.165) is 0 Å². The van der Waals surface area contributed by atoms with Crippen molar-refractivity contribution in [2.45, 2.75) is 37.9 Å². The fourth-order valence-electron chi connectivity index (χ4n) is 2.76. The highest BCUT2D eigenvalue weighted by Gasteiger charge is 2.44. The smallest absolute Gasteiger partial charge is 0.221 e. The average molecular weight is 288 g/mol. The van der Waals surface area contributed by atoms with Crippen LogP contribution in [-0.2, 0) is 19.6 Å². The molecule has 0 aromatic carbocycles. The van der Waals surface area contributed by atoms with Crippen molar-refractivity contribution in [1.29, 1.82) is 0 Å². The lowest BCUT2D eigenvalue weighted by molar-refractivity contribution is -0.123. The Morgan fingerprint density at radius 3 is 2.37 bits per heavy atom. The number of nitrogens with zero attached hydrogens (tertiary/aromatic N) is 1. The Bertz CT molecular complexity index is 482. The Morgan fingerprint density at radius 1 is 1.21 bits per heavy atom. The lowest BCUT2D eigenvalue weighted by Crippen LogP contribution is -2.51. The van der Waals surface area contributed by atoms with Gasteiger partial charge in [0, 0.05) is 19.0 Å². The van der Waals surface area contributed by atoms with Gasteiger partial charge < -0.3 is 5.73 Å². The van der Waals surface area contributed by atoms with Gasteiger partial charge in [-0.05, 0) is 32.6 Å². The van der Waals surface area contributed by atoms with E-state index in [1.807, 2.05) is 0 Å². The second-order valence-electron chi connectivity index (χ2n) is 5.55. The highest BCUT2D eigenvalue weighted by atomic mass is 32.2. The molecule has 7 heteroatoms. The molecule has 108 valence electrons. The summed E-state index contributed by atoms with van der Waals surface area (Å²) >= 11 is 0. The molecule has 0 aromatic heterocycles. The van der Waals surface area contributed by atoms with Gasteiger partial charge in [0.05, 0.1) is 11.2 Å². The number of hydrogen-bond acceptors (Lipinski definition) is 4. The highest BCUT2D eigenvalue weighted by Crippen LogP contribution is 2.36. The van der Waals surface area contributed by atoms with Crippen molar-refractivity contribution in [1.82, 2.24) is 4.31 Å². The van der Waals surface area contributed by atoms with Gasteiger partial charge in [-0.25, -0.2) is 12.7 Å². The predicted molar refractivity (Wildman–Crippen MR) is 69.6 cm³/mol. The van der Waals surface area contributed by atoms with Gasteiger partial charge in [-0.3, -0.25) is 9.59 Å². The molecule has 1 atom stereocenters. The van der Waals surface area contributed by atoms with E-state index >= 15 is 0 Å². The molecule has 0 bridgehead atoms. The molecule has 2 fully saturated rings. The zero-order chi connectivity index (χ0) is 14.2. The van der Waals surface area contributed by atoms with Crippen LogP contribution in [0.2, 0.25) is 0 Å². The van der Waals surface area contributed by atoms with Crippen LogP contribution in [0.3, 0.4) is 0 Å². The first kappa shape index (κ1) is 14.5. The van der Waals surface area contributed by atoms with E-state index in [4.69, 9.17) is 5.73 Å². The number of primary amides is 1. The van der Waals surface area contributed by atoms with Crippen LogP contribution in [0, 0.1) is 11.8 Å². The van der Waals surface area contributed by atoms with Crippen molar-refractivity contribution < 1.29 is 18.0 Å². The highest BCUT2D eigenvalue weighted by molar-refractivity contribution is 7.89. The van der Waals surface area contributed by atoms with Crippen molar-refractivity contribution in [2.24, 2.45) is 17.6 Å². The third-order valence-electron chi connectivity index (χ3n) is 4.24. The summed E-state index contributed by atoms with van der Waals surface area (Å²) in [4.78, 5) is 22.3. The molecular formula is C12H20N2O4S. The van der Waals surface area contributed by atoms with Crippen LogP contribution in [0.4, 0.5) is 0 Å². The van der Waals surface area contributed by atoms with Gasteiger partial charge in [-0.15, -0.1) is 0 Å². The number of sulfonamides is 1. The first-order chi connectivity index (χ1) is 8.82. The zero-order valence-corrected chi connectivity index (χ0v) is 11.9. The van der Waals surface area contributed by atoms with Gasteiger partial charge in [-0.1, -0.05) is 0 Å². The third kappa shape index (κ3) is 2.81. The number of carbonyl (C=O) groups is 2. The Morgan fingerprint density at radius 2 is 1.84 bits per heavy atom. The number of carbonyl (C=O) groups excluding carboxylic acids is 2. The van der Waals surface area contributed by atoms with Crippen LogP contribution >= 0.6 is 0 Å². The standard InChI is InChI=1S/C12H20N2O4S/c1-8(15)10-5-11(6-10)19(17,18)14-4-2-3-9(7-14)12(13)16/h9-11H,2-7H2,1H3,(H2,13,16)/t9-,10?,11?/m0/s1. The molecule has 19 heavy (non-hydrogen) atoms. The summed E-state index contributed by atoms with van der Waals surface area (Å²) in [7, 11) is -3.38. The summed E-state index contributed by atoms with van der Waals surface area (Å²) in [5.74, 6) is -0.876. The number of hydrogen-bond donors (Lipinski definition) is 1. The van der Waals surface area contributed by atoms with Crippen LogP contribution < -0.4 is 5.73 Å². The molecule has 1 heterocycles. The van der Waals surface area contributed by atoms with Crippen LogP contribution in [0.5, 0.6) is 0 Å². The minimum atomic E-state index is -3.38. The Labute approximate surface area is 113 Å². The monoisotopic (exact) mass is 288 g/mol. The van der Waals surface area contributed by atoms with Gasteiger partial charge in [0.15, 0.2) is 0 Å². The molecular weight excluding hydrogens is 268 g/mol. The predicted octanol–water partition coefficient (Wildman–Crippen LogP) is -0.119. The number of ketones is 1. The van der Waals surface area contributed by atoms with E-state index in [1.54, 1.807) is 0 Å². The first-order valence-electron chi connectivity index (χ1n) is 6.61. The summed E-state index contributed by atoms with van der Waals surface area (Å²) in [6, 6.07) is 0. The number of amides is 1. The molecule has 0 radical (unpaired) electrons. The number of piperidine rings is 1. The summed E-state index contributed by atoms with van der Waals surface area (Å²) in [6.45, 7) is 2.14. The van der Waals surface area contributed by atoms with Crippen LogP contribution in [0.1, 0.15) is 32.6 Å². The lowest BCUT2D eigenvalue weighted by atomic mass is 9.82. The molecule has 2 rings (SSSR count). The van der Waals surface area contributed by atoms with Gasteiger partial charge in [-0.2, -0.15) is 0 Å². The van der Waals surface area contributed by atoms with Crippen molar-refractivity contribution in [3.05, 3.63) is 0 Å². The second kappa shape index (κ2) is 5.20. The molecule has 0 aromatic rings. The van der Waals surface area contributed by atoms with Crippen molar-refractivity contribution in [2.75, 3.05) is 13.1 Å². The maximum absolute atomic E-state index is 12.4. The molecule has 1 saturated heterocycles. The number of nitrogens with two attached hydrogens (primary N) is 1. The fourth-order valence-corrected chi connectivity index (χ4v) is 4.90. The molecule has 0 unspecified atom stereocenters. The Kier molecular flexibility index (Phi) is 3.96. The minimum Gasteiger partial charge on any atom is -0.369 e. The largest absolute Gasteiger partial charge is 0.369 e. The molecule has 1 saturated carbocycles. The van der Waals surface area contributed by atoms with E-state index in [1.165, 1.54) is 11.2 Å². The Hall–Kier alpha value is -0.950. The van der Waals surface area contributed by atoms with Crippen LogP contribution in [-0.4, -0.2) is 42.8 Å². The average Bonchev–Trinajstić information content (AvgIpc) is 2.26. The van der Waals surface area contributed by atoms with Gasteiger partial charge >= 0.3 is 0 Å². The topological polar surface area (TPSA) is 97.5 Å². The quantitative estimate of drug-likeness (QED) is 0.780. The number of Topliss-reactive ketones (excluding diaryl/α,β-unsaturated/α-hetero) is 1. The van der Waals surface area contributed by atoms with Crippen molar-refractivity contribution >= 4 is 21.7 Å². The summed E-state index contributed by atoms with van der Waals surface area (Å²) in [6.07, 6.45) is 2.14. The Balaban J connectivity index is 2.00. The lowest BCUT2D eigenvalue weighted by Gasteiger charge is -2.39. The van der Waals surface area contributed by atoms with Crippen LogP contribution in [0.15, 0.2) is 0 Å². The van der Waals surface area contributed by atoms with Crippen molar-refractivity contribution in [3.8, 4) is 0 Å². The molecule has 0 spiro atoms. The SMILES string of the molecule is CC(=O)C1CC(S(=O)(=O)N2CCC[C@H](C(N)=O)C2)C1. The molecule has 1 aliphatic carbocycles. The van der Waals surface area contributed by atoms with E-state index in [9.17, 15) is 18.0 Å². The molecule has 2 aliphatic rings. The first-order valence-corrected chi connectivity index (χ1v) is 8.11. The van der Waals surface area contributed by atoms with Crippen molar-refractivity contribution in [3.63, 3.8) is 0 Å². The van der Waals surface area contributed by atoms with Gasteiger partial charge in [0.1, 0.15) is 5.78 Å². The second-order valence-corrected chi connectivity index (χ2v) is 7.76. The third-order valence-corrected chi connectivity index (χ3v) is 6.52. The maximum Gasteiger partial charge on any atom is 0.221 e. The number of rotatable bonds is 4. The van der Waals surface area contributed by atoms with E-state index < -0.39 is 21.2 Å². The summed E-state index contributed by atoms with van der Waals surface area (Å²) < 4.78 is 26.1. The van der Waals surface area contributed by atoms with E-state index in [0.29, 0.717) is 32.2 Å². The van der Waals surface area contributed by atoms with E-state index in [2.05, 4.69) is 0 Å².